The Labute approximate surface area is 110 Å². The van der Waals surface area contributed by atoms with Crippen molar-refractivity contribution < 1.29 is 14.4 Å². The Balaban J connectivity index is 1.84. The summed E-state index contributed by atoms with van der Waals surface area (Å²) < 4.78 is 0. The zero-order valence-corrected chi connectivity index (χ0v) is 11.0. The molecule has 0 aromatic carbocycles. The van der Waals surface area contributed by atoms with Crippen molar-refractivity contribution in [2.24, 2.45) is 17.8 Å². The van der Waals surface area contributed by atoms with E-state index in [4.69, 9.17) is 0 Å². The number of imide groups is 1. The van der Waals surface area contributed by atoms with Crippen LogP contribution in [-0.4, -0.2) is 58.3 Å². The summed E-state index contributed by atoms with van der Waals surface area (Å²) in [5.41, 5.74) is -0.702. The SMILES string of the molecule is CC(=O)[C@@H]1[C@@H]2[C@H]1[C@]13C=C[C@H]2N1C(=O)N(C)C(=O)N3C. The number of hydrogen-bond donors (Lipinski definition) is 0. The summed E-state index contributed by atoms with van der Waals surface area (Å²) in [6.45, 7) is 1.60. The van der Waals surface area contributed by atoms with E-state index < -0.39 is 5.66 Å². The van der Waals surface area contributed by atoms with Gasteiger partial charge >= 0.3 is 12.1 Å². The number of carbonyl (C=O) groups excluding carboxylic acids is 3. The van der Waals surface area contributed by atoms with Crippen LogP contribution in [0.5, 0.6) is 0 Å². The average molecular weight is 261 g/mol. The van der Waals surface area contributed by atoms with Gasteiger partial charge in [-0.25, -0.2) is 14.5 Å². The summed E-state index contributed by atoms with van der Waals surface area (Å²) in [6.07, 6.45) is 3.91. The highest BCUT2D eigenvalue weighted by atomic mass is 16.2. The van der Waals surface area contributed by atoms with E-state index in [9.17, 15) is 14.4 Å². The number of amides is 4. The lowest BCUT2D eigenvalue weighted by atomic mass is 9.98. The molecule has 100 valence electrons. The average Bonchev–Trinajstić information content (AvgIpc) is 2.95. The van der Waals surface area contributed by atoms with E-state index in [2.05, 4.69) is 0 Å². The number of carbonyl (C=O) groups is 3. The van der Waals surface area contributed by atoms with Crippen LogP contribution in [-0.2, 0) is 4.79 Å². The first kappa shape index (κ1) is 11.0. The maximum absolute atomic E-state index is 12.3. The summed E-state index contributed by atoms with van der Waals surface area (Å²) in [4.78, 5) is 40.7. The molecule has 3 aliphatic heterocycles. The highest BCUT2D eigenvalue weighted by Gasteiger charge is 2.80. The number of Topliss-reactive ketones (excluding diaryl/α,β-unsaturated/α-hetero) is 1. The minimum absolute atomic E-state index is 0.0114. The number of piperidine rings is 1. The molecule has 2 saturated heterocycles. The van der Waals surface area contributed by atoms with Crippen LogP contribution in [0.4, 0.5) is 9.59 Å². The normalized spacial score (nSPS) is 45.7. The van der Waals surface area contributed by atoms with Gasteiger partial charge in [-0.05, 0) is 13.0 Å². The molecule has 0 spiro atoms. The number of urea groups is 2. The lowest BCUT2D eigenvalue weighted by molar-refractivity contribution is -0.120. The third-order valence-electron chi connectivity index (χ3n) is 5.26. The Bertz CT molecular complexity index is 571. The molecule has 0 N–H and O–H groups in total. The maximum Gasteiger partial charge on any atom is 0.330 e. The molecule has 19 heavy (non-hydrogen) atoms. The van der Waals surface area contributed by atoms with Gasteiger partial charge in [0.15, 0.2) is 0 Å². The first-order valence-electron chi connectivity index (χ1n) is 6.47. The lowest BCUT2D eigenvalue weighted by Gasteiger charge is -2.50. The van der Waals surface area contributed by atoms with Crippen molar-refractivity contribution in [3.8, 4) is 0 Å². The van der Waals surface area contributed by atoms with Gasteiger partial charge in [0.1, 0.15) is 11.4 Å². The van der Waals surface area contributed by atoms with Crippen molar-refractivity contribution in [2.75, 3.05) is 14.1 Å². The molecule has 3 fully saturated rings. The molecule has 6 nitrogen and oxygen atoms in total. The van der Waals surface area contributed by atoms with Crippen LogP contribution in [0.3, 0.4) is 0 Å². The van der Waals surface area contributed by atoms with Crippen molar-refractivity contribution in [3.05, 3.63) is 12.2 Å². The number of ketones is 1. The zero-order valence-electron chi connectivity index (χ0n) is 11.0. The number of nitrogens with zero attached hydrogens (tertiary/aromatic N) is 3. The first-order valence-corrected chi connectivity index (χ1v) is 6.47. The zero-order chi connectivity index (χ0) is 13.7. The molecule has 0 aromatic heterocycles. The second-order valence-electron chi connectivity index (χ2n) is 5.93. The highest BCUT2D eigenvalue weighted by Crippen LogP contribution is 2.68. The van der Waals surface area contributed by atoms with Crippen molar-refractivity contribution in [1.29, 1.82) is 0 Å². The molecule has 0 radical (unpaired) electrons. The number of likely N-dealkylation sites (N-methyl/N-ethyl adjacent to an activating group) is 1. The molecule has 0 unspecified atom stereocenters. The molecule has 4 aliphatic rings. The van der Waals surface area contributed by atoms with Gasteiger partial charge in [0.2, 0.25) is 0 Å². The Kier molecular flexibility index (Phi) is 1.64. The van der Waals surface area contributed by atoms with E-state index in [0.717, 1.165) is 4.90 Å². The van der Waals surface area contributed by atoms with E-state index in [-0.39, 0.29) is 41.6 Å². The van der Waals surface area contributed by atoms with E-state index >= 15 is 0 Å². The maximum atomic E-state index is 12.3. The highest BCUT2D eigenvalue weighted by molar-refractivity contribution is 5.99. The fourth-order valence-corrected chi connectivity index (χ4v) is 4.45. The number of hydrogen-bond acceptors (Lipinski definition) is 3. The Hall–Kier alpha value is -1.85. The second kappa shape index (κ2) is 2.84. The molecular weight excluding hydrogens is 246 g/mol. The first-order chi connectivity index (χ1) is 8.93. The van der Waals surface area contributed by atoms with Gasteiger partial charge in [-0.15, -0.1) is 0 Å². The minimum atomic E-state index is -0.702. The van der Waals surface area contributed by atoms with Crippen LogP contribution in [0.1, 0.15) is 6.92 Å². The molecule has 3 heterocycles. The molecule has 4 amide bonds. The Morgan fingerprint density at radius 1 is 1.26 bits per heavy atom. The summed E-state index contributed by atoms with van der Waals surface area (Å²) in [6, 6.07) is -0.599. The van der Waals surface area contributed by atoms with Gasteiger partial charge in [0.25, 0.3) is 0 Å². The summed E-state index contributed by atoms with van der Waals surface area (Å²) >= 11 is 0. The second-order valence-corrected chi connectivity index (χ2v) is 5.93. The van der Waals surface area contributed by atoms with E-state index in [1.165, 1.54) is 7.05 Å². The number of rotatable bonds is 1. The quantitative estimate of drug-likeness (QED) is 0.646. The van der Waals surface area contributed by atoms with Gasteiger partial charge in [-0.2, -0.15) is 0 Å². The fraction of sp³-hybridized carbons (Fsp3) is 0.615. The van der Waals surface area contributed by atoms with Crippen molar-refractivity contribution in [2.45, 2.75) is 18.6 Å². The topological polar surface area (TPSA) is 60.9 Å². The number of fused-ring (bicyclic) bond motifs is 2. The van der Waals surface area contributed by atoms with Crippen LogP contribution in [0.25, 0.3) is 0 Å². The van der Waals surface area contributed by atoms with Crippen molar-refractivity contribution >= 4 is 17.8 Å². The molecular formula is C13H15N3O3. The van der Waals surface area contributed by atoms with Gasteiger partial charge in [0, 0.05) is 31.8 Å². The molecule has 1 saturated carbocycles. The van der Waals surface area contributed by atoms with Gasteiger partial charge < -0.3 is 4.90 Å². The van der Waals surface area contributed by atoms with E-state index in [1.54, 1.807) is 23.8 Å². The molecule has 2 bridgehead atoms. The fourth-order valence-electron chi connectivity index (χ4n) is 4.45. The molecule has 6 heteroatoms. The third-order valence-corrected chi connectivity index (χ3v) is 5.26. The monoisotopic (exact) mass is 261 g/mol. The Morgan fingerprint density at radius 3 is 2.58 bits per heavy atom. The van der Waals surface area contributed by atoms with Crippen molar-refractivity contribution in [3.63, 3.8) is 0 Å². The molecule has 4 rings (SSSR count). The standard InChI is InChI=1S/C13H15N3O3/c1-6(17)8-9-7-4-5-13(10(8)9)15(3)11(18)14(2)12(19)16(7)13/h4-5,7-10H,1-3H3/t7-,8-,9-,10+,13+/m1/s1. The smallest absolute Gasteiger partial charge is 0.300 e. The van der Waals surface area contributed by atoms with Crippen molar-refractivity contribution in [1.82, 2.24) is 14.7 Å². The van der Waals surface area contributed by atoms with Crippen LogP contribution >= 0.6 is 0 Å². The summed E-state index contributed by atoms with van der Waals surface area (Å²) in [5, 5.41) is 0. The van der Waals surface area contributed by atoms with Crippen LogP contribution in [0.2, 0.25) is 0 Å². The van der Waals surface area contributed by atoms with E-state index in [1.807, 2.05) is 12.2 Å². The van der Waals surface area contributed by atoms with E-state index in [0.29, 0.717) is 0 Å². The molecule has 0 aromatic rings. The van der Waals surface area contributed by atoms with Crippen LogP contribution in [0, 0.1) is 17.8 Å². The third kappa shape index (κ3) is 0.894. The molecule has 5 atom stereocenters. The van der Waals surface area contributed by atoms with Gasteiger partial charge in [-0.1, -0.05) is 6.08 Å². The molecule has 1 aliphatic carbocycles. The minimum Gasteiger partial charge on any atom is -0.300 e. The van der Waals surface area contributed by atoms with Gasteiger partial charge in [-0.3, -0.25) is 9.69 Å². The van der Waals surface area contributed by atoms with Gasteiger partial charge in [0.05, 0.1) is 6.04 Å². The van der Waals surface area contributed by atoms with Crippen LogP contribution in [0.15, 0.2) is 12.2 Å². The summed E-state index contributed by atoms with van der Waals surface area (Å²) in [5.74, 6) is 0.414. The summed E-state index contributed by atoms with van der Waals surface area (Å²) in [7, 11) is 3.21. The predicted molar refractivity (Wildman–Crippen MR) is 65.0 cm³/mol. The largest absolute Gasteiger partial charge is 0.330 e. The lowest BCUT2D eigenvalue weighted by Crippen LogP contribution is -2.70. The Morgan fingerprint density at radius 2 is 1.95 bits per heavy atom. The van der Waals surface area contributed by atoms with Crippen LogP contribution < -0.4 is 0 Å². The predicted octanol–water partition coefficient (Wildman–Crippen LogP) is 0.505.